The molecule has 2 aromatic rings. The number of nitrogens with zero attached hydrogens (tertiary/aromatic N) is 1. The van der Waals surface area contributed by atoms with Crippen LogP contribution in [0, 0.1) is 0 Å². The monoisotopic (exact) mass is 338 g/mol. The topological polar surface area (TPSA) is 59.9 Å². The third-order valence-corrected chi connectivity index (χ3v) is 4.31. The second kappa shape index (κ2) is 7.83. The zero-order valence-electron chi connectivity index (χ0n) is 14.4. The van der Waals surface area contributed by atoms with Crippen LogP contribution < -0.4 is 10.1 Å². The van der Waals surface area contributed by atoms with Crippen LogP contribution >= 0.6 is 0 Å². The van der Waals surface area contributed by atoms with Gasteiger partial charge in [0.15, 0.2) is 0 Å². The molecule has 1 aliphatic heterocycles. The number of amides is 1. The maximum atomic E-state index is 12.6. The summed E-state index contributed by atoms with van der Waals surface area (Å²) in [5.41, 5.74) is 2.67. The van der Waals surface area contributed by atoms with Crippen molar-refractivity contribution in [1.82, 2.24) is 5.32 Å². The lowest BCUT2D eigenvalue weighted by Crippen LogP contribution is -2.37. The second-order valence-electron chi connectivity index (χ2n) is 5.92. The fourth-order valence-electron chi connectivity index (χ4n) is 2.93. The normalized spacial score (nSPS) is 17.4. The van der Waals surface area contributed by atoms with Gasteiger partial charge in [-0.25, -0.2) is 0 Å². The van der Waals surface area contributed by atoms with Gasteiger partial charge in [0.05, 0.1) is 18.9 Å². The average molecular weight is 338 g/mol. The van der Waals surface area contributed by atoms with E-state index in [1.165, 1.54) is 0 Å². The molecule has 0 radical (unpaired) electrons. The van der Waals surface area contributed by atoms with Gasteiger partial charge in [0.25, 0.3) is 5.91 Å². The molecule has 0 spiro atoms. The number of rotatable bonds is 6. The first kappa shape index (κ1) is 17.0. The molecule has 0 aromatic heterocycles. The summed E-state index contributed by atoms with van der Waals surface area (Å²) >= 11 is 0. The Balaban J connectivity index is 1.65. The molecule has 5 heteroatoms. The molecule has 25 heavy (non-hydrogen) atoms. The summed E-state index contributed by atoms with van der Waals surface area (Å²) in [6, 6.07) is 17.5. The van der Waals surface area contributed by atoms with Gasteiger partial charge in [-0.2, -0.15) is 0 Å². The number of ether oxygens (including phenoxy) is 1. The Morgan fingerprint density at radius 2 is 1.96 bits per heavy atom. The Morgan fingerprint density at radius 3 is 2.68 bits per heavy atom. The van der Waals surface area contributed by atoms with Crippen LogP contribution in [0.3, 0.4) is 0 Å². The predicted octanol–water partition coefficient (Wildman–Crippen LogP) is 3.46. The van der Waals surface area contributed by atoms with Gasteiger partial charge in [-0.05, 0) is 24.1 Å². The van der Waals surface area contributed by atoms with E-state index in [0.717, 1.165) is 29.0 Å². The summed E-state index contributed by atoms with van der Waals surface area (Å²) in [5.74, 6) is 0.575. The fraction of sp³-hybridized carbons (Fsp3) is 0.300. The van der Waals surface area contributed by atoms with Crippen LogP contribution in [-0.4, -0.2) is 24.8 Å². The number of hydrogen-bond acceptors (Lipinski definition) is 4. The minimum atomic E-state index is -0.613. The van der Waals surface area contributed by atoms with E-state index in [0.29, 0.717) is 6.42 Å². The number of carbonyl (C=O) groups is 1. The molecule has 3 rings (SSSR count). The quantitative estimate of drug-likeness (QED) is 0.877. The Labute approximate surface area is 147 Å². The molecular weight excluding hydrogens is 316 g/mol. The lowest BCUT2D eigenvalue weighted by atomic mass is 10.0. The smallest absolute Gasteiger partial charge is 0.264 e. The summed E-state index contributed by atoms with van der Waals surface area (Å²) in [7, 11) is 1.62. The van der Waals surface area contributed by atoms with Crippen LogP contribution in [0.25, 0.3) is 0 Å². The number of nitrogens with one attached hydrogen (secondary N) is 1. The molecule has 0 saturated carbocycles. The Kier molecular flexibility index (Phi) is 5.33. The standard InChI is InChI=1S/C20H22N2O3/c1-3-16(14-9-5-4-6-10-14)21-20(23)19-13-17(22-25-19)15-11-7-8-12-18(15)24-2/h4-12,16,19H,3,13H2,1-2H3,(H,21,23). The predicted molar refractivity (Wildman–Crippen MR) is 96.6 cm³/mol. The van der Waals surface area contributed by atoms with E-state index < -0.39 is 6.10 Å². The van der Waals surface area contributed by atoms with E-state index in [-0.39, 0.29) is 11.9 Å². The summed E-state index contributed by atoms with van der Waals surface area (Å²) < 4.78 is 5.36. The molecule has 130 valence electrons. The molecular formula is C20H22N2O3. The highest BCUT2D eigenvalue weighted by Gasteiger charge is 2.31. The summed E-state index contributed by atoms with van der Waals surface area (Å²) in [5, 5.41) is 7.16. The zero-order chi connectivity index (χ0) is 17.6. The fourth-order valence-corrected chi connectivity index (χ4v) is 2.93. The molecule has 0 fully saturated rings. The van der Waals surface area contributed by atoms with Crippen molar-refractivity contribution >= 4 is 11.6 Å². The van der Waals surface area contributed by atoms with E-state index in [1.807, 2.05) is 61.5 Å². The van der Waals surface area contributed by atoms with E-state index in [4.69, 9.17) is 9.57 Å². The molecule has 1 amide bonds. The second-order valence-corrected chi connectivity index (χ2v) is 5.92. The van der Waals surface area contributed by atoms with Crippen LogP contribution in [0.2, 0.25) is 0 Å². The highest BCUT2D eigenvalue weighted by molar-refractivity contribution is 6.05. The largest absolute Gasteiger partial charge is 0.496 e. The van der Waals surface area contributed by atoms with Crippen LogP contribution in [0.4, 0.5) is 0 Å². The van der Waals surface area contributed by atoms with Crippen molar-refractivity contribution in [2.24, 2.45) is 5.16 Å². The van der Waals surface area contributed by atoms with E-state index in [9.17, 15) is 4.79 Å². The minimum Gasteiger partial charge on any atom is -0.496 e. The van der Waals surface area contributed by atoms with Gasteiger partial charge in [0.2, 0.25) is 6.10 Å². The lowest BCUT2D eigenvalue weighted by Gasteiger charge is -2.19. The van der Waals surface area contributed by atoms with Gasteiger partial charge < -0.3 is 14.9 Å². The molecule has 2 aromatic carbocycles. The number of carbonyl (C=O) groups excluding carboxylic acids is 1. The molecule has 1 N–H and O–H groups in total. The van der Waals surface area contributed by atoms with Crippen LogP contribution in [-0.2, 0) is 9.63 Å². The maximum absolute atomic E-state index is 12.6. The number of para-hydroxylation sites is 1. The molecule has 0 bridgehead atoms. The first-order valence-corrected chi connectivity index (χ1v) is 8.44. The molecule has 1 heterocycles. The lowest BCUT2D eigenvalue weighted by molar-refractivity contribution is -0.132. The van der Waals surface area contributed by atoms with Gasteiger partial charge in [0.1, 0.15) is 5.75 Å². The van der Waals surface area contributed by atoms with Gasteiger partial charge in [-0.1, -0.05) is 54.5 Å². The minimum absolute atomic E-state index is 0.0346. The number of hydrogen-bond donors (Lipinski definition) is 1. The van der Waals surface area contributed by atoms with E-state index in [2.05, 4.69) is 10.5 Å². The van der Waals surface area contributed by atoms with Crippen molar-refractivity contribution in [3.63, 3.8) is 0 Å². The summed E-state index contributed by atoms with van der Waals surface area (Å²) in [4.78, 5) is 18.0. The van der Waals surface area contributed by atoms with E-state index >= 15 is 0 Å². The number of methoxy groups -OCH3 is 1. The van der Waals surface area contributed by atoms with Crippen molar-refractivity contribution in [3.8, 4) is 5.75 Å². The van der Waals surface area contributed by atoms with Gasteiger partial charge in [0, 0.05) is 12.0 Å². The van der Waals surface area contributed by atoms with Crippen molar-refractivity contribution in [1.29, 1.82) is 0 Å². The summed E-state index contributed by atoms with van der Waals surface area (Å²) in [6.07, 6.45) is 0.623. The van der Waals surface area contributed by atoms with Gasteiger partial charge in [-0.3, -0.25) is 4.79 Å². The zero-order valence-corrected chi connectivity index (χ0v) is 14.4. The van der Waals surface area contributed by atoms with Crippen molar-refractivity contribution in [2.45, 2.75) is 31.9 Å². The van der Waals surface area contributed by atoms with Gasteiger partial charge >= 0.3 is 0 Å². The van der Waals surface area contributed by atoms with Crippen LogP contribution in [0.5, 0.6) is 5.75 Å². The summed E-state index contributed by atoms with van der Waals surface area (Å²) in [6.45, 7) is 2.05. The Hall–Kier alpha value is -2.82. The molecule has 0 aliphatic carbocycles. The van der Waals surface area contributed by atoms with Gasteiger partial charge in [-0.15, -0.1) is 0 Å². The van der Waals surface area contributed by atoms with Crippen molar-refractivity contribution in [2.75, 3.05) is 7.11 Å². The Morgan fingerprint density at radius 1 is 1.24 bits per heavy atom. The third-order valence-electron chi connectivity index (χ3n) is 4.31. The first-order chi connectivity index (χ1) is 12.2. The molecule has 2 unspecified atom stereocenters. The Bertz CT molecular complexity index is 759. The maximum Gasteiger partial charge on any atom is 0.264 e. The number of oxime groups is 1. The van der Waals surface area contributed by atoms with Crippen molar-refractivity contribution < 1.29 is 14.4 Å². The molecule has 0 saturated heterocycles. The molecule has 5 nitrogen and oxygen atoms in total. The SMILES string of the molecule is CCC(NC(=O)C1CC(c2ccccc2OC)=NO1)c1ccccc1. The molecule has 1 aliphatic rings. The highest BCUT2D eigenvalue weighted by Crippen LogP contribution is 2.25. The first-order valence-electron chi connectivity index (χ1n) is 8.44. The van der Waals surface area contributed by atoms with Crippen LogP contribution in [0.15, 0.2) is 59.8 Å². The van der Waals surface area contributed by atoms with Crippen LogP contribution in [0.1, 0.15) is 36.9 Å². The third kappa shape index (κ3) is 3.82. The highest BCUT2D eigenvalue weighted by atomic mass is 16.6. The van der Waals surface area contributed by atoms with Crippen molar-refractivity contribution in [3.05, 3.63) is 65.7 Å². The number of benzene rings is 2. The average Bonchev–Trinajstić information content (AvgIpc) is 3.16. The van der Waals surface area contributed by atoms with E-state index in [1.54, 1.807) is 7.11 Å². The molecule has 2 atom stereocenters.